The molecule has 0 unspecified atom stereocenters. The number of fused-ring (bicyclic) bond motifs is 1. The number of hydrogen-bond acceptors (Lipinski definition) is 2. The predicted octanol–water partition coefficient (Wildman–Crippen LogP) is 3.65. The molecular weight excluding hydrogens is 345 g/mol. The summed E-state index contributed by atoms with van der Waals surface area (Å²) >= 11 is 0. The number of benzene rings is 2. The molecule has 6 heteroatoms. The Morgan fingerprint density at radius 3 is 2.37 bits per heavy atom. The molecule has 1 saturated carbocycles. The fourth-order valence-electron chi connectivity index (χ4n) is 3.85. The molecule has 1 aliphatic carbocycles. The minimum absolute atomic E-state index is 0.0523. The van der Waals surface area contributed by atoms with E-state index in [0.717, 1.165) is 11.0 Å². The summed E-state index contributed by atoms with van der Waals surface area (Å²) in [5.74, 6) is -0.548. The van der Waals surface area contributed by atoms with E-state index in [1.165, 1.54) is 6.07 Å². The van der Waals surface area contributed by atoms with E-state index in [2.05, 4.69) is 5.32 Å². The molecule has 1 N–H and O–H groups in total. The van der Waals surface area contributed by atoms with E-state index in [9.17, 15) is 14.0 Å². The largest absolute Gasteiger partial charge is 0.329 e. The number of imidazole rings is 1. The Morgan fingerprint density at radius 1 is 1.07 bits per heavy atom. The molecule has 5 nitrogen and oxygen atoms in total. The van der Waals surface area contributed by atoms with Crippen LogP contribution in [0, 0.1) is 5.82 Å². The van der Waals surface area contributed by atoms with E-state index < -0.39 is 5.41 Å². The number of amides is 1. The predicted molar refractivity (Wildman–Crippen MR) is 103 cm³/mol. The van der Waals surface area contributed by atoms with Gasteiger partial charge in [-0.3, -0.25) is 13.9 Å². The Hall–Kier alpha value is -2.89. The van der Waals surface area contributed by atoms with Crippen LogP contribution < -0.4 is 11.0 Å². The molecule has 0 radical (unpaired) electrons. The summed E-state index contributed by atoms with van der Waals surface area (Å²) in [6, 6.07) is 11.9. The normalized spacial score (nSPS) is 15.1. The van der Waals surface area contributed by atoms with Gasteiger partial charge in [0, 0.05) is 24.3 Å². The molecule has 2 aromatic carbocycles. The summed E-state index contributed by atoms with van der Waals surface area (Å²) in [5.41, 5.74) is 1.86. The van der Waals surface area contributed by atoms with Crippen LogP contribution in [-0.4, -0.2) is 15.0 Å². The molecule has 1 aliphatic rings. The van der Waals surface area contributed by atoms with Crippen LogP contribution in [0.2, 0.25) is 0 Å². The lowest BCUT2D eigenvalue weighted by Gasteiger charge is -2.16. The van der Waals surface area contributed by atoms with Gasteiger partial charge in [0.05, 0.1) is 16.4 Å². The maximum absolute atomic E-state index is 14.2. The monoisotopic (exact) mass is 367 g/mol. The van der Waals surface area contributed by atoms with Gasteiger partial charge in [-0.15, -0.1) is 0 Å². The van der Waals surface area contributed by atoms with Gasteiger partial charge in [0.15, 0.2) is 0 Å². The number of halogens is 1. The van der Waals surface area contributed by atoms with Gasteiger partial charge in [-0.25, -0.2) is 9.18 Å². The van der Waals surface area contributed by atoms with Gasteiger partial charge in [0.1, 0.15) is 5.82 Å². The van der Waals surface area contributed by atoms with E-state index in [1.54, 1.807) is 33.4 Å². The average Bonchev–Trinajstić information content (AvgIpc) is 3.42. The van der Waals surface area contributed by atoms with Crippen molar-refractivity contribution in [3.05, 3.63) is 64.3 Å². The topological polar surface area (TPSA) is 56.0 Å². The highest BCUT2D eigenvalue weighted by Gasteiger charge is 2.52. The average molecular weight is 367 g/mol. The molecule has 0 aliphatic heterocycles. The van der Waals surface area contributed by atoms with Crippen LogP contribution in [0.1, 0.15) is 32.3 Å². The number of nitrogens with zero attached hydrogens (tertiary/aromatic N) is 2. The zero-order valence-electron chi connectivity index (χ0n) is 15.5. The summed E-state index contributed by atoms with van der Waals surface area (Å²) in [7, 11) is 0. The number of rotatable bonds is 5. The van der Waals surface area contributed by atoms with Gasteiger partial charge in [-0.05, 0) is 51.0 Å². The van der Waals surface area contributed by atoms with Gasteiger partial charge in [-0.1, -0.05) is 18.2 Å². The van der Waals surface area contributed by atoms with E-state index in [-0.39, 0.29) is 17.4 Å². The molecule has 1 heterocycles. The quantitative estimate of drug-likeness (QED) is 0.748. The number of aromatic nitrogens is 2. The highest BCUT2D eigenvalue weighted by molar-refractivity contribution is 6.02. The minimum atomic E-state index is -0.792. The molecule has 1 fully saturated rings. The molecule has 1 aromatic heterocycles. The first-order valence-electron chi connectivity index (χ1n) is 9.31. The summed E-state index contributed by atoms with van der Waals surface area (Å²) < 4.78 is 17.6. The molecule has 0 spiro atoms. The minimum Gasteiger partial charge on any atom is -0.325 e. The Balaban J connectivity index is 1.69. The van der Waals surface area contributed by atoms with E-state index in [1.807, 2.05) is 26.0 Å². The molecule has 27 heavy (non-hydrogen) atoms. The van der Waals surface area contributed by atoms with Gasteiger partial charge in [0.25, 0.3) is 0 Å². The standard InChI is InChI=1S/C21H22FN3O2/c1-3-24-17-10-9-14(13-18(17)25(4-2)20(24)27)23-19(26)21(11-12-21)15-7-5-6-8-16(15)22/h5-10,13H,3-4,11-12H2,1-2H3,(H,23,26). The van der Waals surface area contributed by atoms with Crippen molar-refractivity contribution in [1.82, 2.24) is 9.13 Å². The molecule has 4 rings (SSSR count). The smallest absolute Gasteiger partial charge is 0.325 e. The van der Waals surface area contributed by atoms with Crippen LogP contribution in [0.5, 0.6) is 0 Å². The Labute approximate surface area is 156 Å². The molecule has 0 saturated heterocycles. The Bertz CT molecular complexity index is 1090. The van der Waals surface area contributed by atoms with Crippen molar-refractivity contribution in [2.75, 3.05) is 5.32 Å². The van der Waals surface area contributed by atoms with Gasteiger partial charge in [-0.2, -0.15) is 0 Å². The third kappa shape index (κ3) is 2.67. The van der Waals surface area contributed by atoms with Gasteiger partial charge >= 0.3 is 5.69 Å². The Kier molecular flexibility index (Phi) is 4.13. The highest BCUT2D eigenvalue weighted by atomic mass is 19.1. The maximum Gasteiger partial charge on any atom is 0.329 e. The number of hydrogen-bond donors (Lipinski definition) is 1. The summed E-state index contributed by atoms with van der Waals surface area (Å²) in [6.45, 7) is 4.99. The number of anilines is 1. The lowest BCUT2D eigenvalue weighted by atomic mass is 9.94. The zero-order chi connectivity index (χ0) is 19.2. The van der Waals surface area contributed by atoms with Crippen LogP contribution in [0.4, 0.5) is 10.1 Å². The number of carbonyl (C=O) groups excluding carboxylic acids is 1. The molecular formula is C21H22FN3O2. The fraction of sp³-hybridized carbons (Fsp3) is 0.333. The van der Waals surface area contributed by atoms with Gasteiger partial charge < -0.3 is 5.32 Å². The molecule has 0 atom stereocenters. The van der Waals surface area contributed by atoms with Gasteiger partial charge in [0.2, 0.25) is 5.91 Å². The third-order valence-corrected chi connectivity index (χ3v) is 5.48. The number of nitrogens with one attached hydrogen (secondary N) is 1. The molecule has 3 aromatic rings. The summed E-state index contributed by atoms with van der Waals surface area (Å²) in [4.78, 5) is 25.4. The van der Waals surface area contributed by atoms with Crippen LogP contribution in [-0.2, 0) is 23.3 Å². The molecule has 1 amide bonds. The SMILES string of the molecule is CCn1c(=O)n(CC)c2cc(NC(=O)C3(c4ccccc4F)CC3)ccc21. The highest BCUT2D eigenvalue weighted by Crippen LogP contribution is 2.49. The second-order valence-corrected chi connectivity index (χ2v) is 6.99. The first kappa shape index (κ1) is 17.5. The van der Waals surface area contributed by atoms with E-state index in [0.29, 0.717) is 37.2 Å². The lowest BCUT2D eigenvalue weighted by Crippen LogP contribution is -2.28. The first-order chi connectivity index (χ1) is 13.0. The van der Waals surface area contributed by atoms with Crippen LogP contribution >= 0.6 is 0 Å². The maximum atomic E-state index is 14.2. The molecule has 140 valence electrons. The number of carbonyl (C=O) groups is 1. The number of aryl methyl sites for hydroxylation is 2. The van der Waals surface area contributed by atoms with Crippen molar-refractivity contribution in [1.29, 1.82) is 0 Å². The van der Waals surface area contributed by atoms with Crippen LogP contribution in [0.25, 0.3) is 11.0 Å². The van der Waals surface area contributed by atoms with Crippen molar-refractivity contribution < 1.29 is 9.18 Å². The van der Waals surface area contributed by atoms with E-state index >= 15 is 0 Å². The molecule has 0 bridgehead atoms. The van der Waals surface area contributed by atoms with Crippen LogP contribution in [0.15, 0.2) is 47.3 Å². The van der Waals surface area contributed by atoms with Crippen molar-refractivity contribution >= 4 is 22.6 Å². The zero-order valence-corrected chi connectivity index (χ0v) is 15.5. The first-order valence-corrected chi connectivity index (χ1v) is 9.31. The fourth-order valence-corrected chi connectivity index (χ4v) is 3.85. The van der Waals surface area contributed by atoms with Crippen LogP contribution in [0.3, 0.4) is 0 Å². The third-order valence-electron chi connectivity index (χ3n) is 5.48. The summed E-state index contributed by atoms with van der Waals surface area (Å²) in [5, 5.41) is 2.93. The second-order valence-electron chi connectivity index (χ2n) is 6.99. The van der Waals surface area contributed by atoms with Crippen molar-refractivity contribution in [3.8, 4) is 0 Å². The second kappa shape index (κ2) is 6.37. The van der Waals surface area contributed by atoms with Crippen molar-refractivity contribution in [2.24, 2.45) is 0 Å². The Morgan fingerprint density at radius 2 is 1.74 bits per heavy atom. The lowest BCUT2D eigenvalue weighted by molar-refractivity contribution is -0.118. The van der Waals surface area contributed by atoms with E-state index in [4.69, 9.17) is 0 Å². The summed E-state index contributed by atoms with van der Waals surface area (Å²) in [6.07, 6.45) is 1.27. The van der Waals surface area contributed by atoms with Crippen molar-refractivity contribution in [2.45, 2.75) is 45.2 Å². The van der Waals surface area contributed by atoms with Crippen molar-refractivity contribution in [3.63, 3.8) is 0 Å².